The average Bonchev–Trinajstić information content (AvgIpc) is 3.75. The molecular formula is C48H47F2N3O3S. The zero-order valence-electron chi connectivity index (χ0n) is 32.6. The smallest absolute Gasteiger partial charge is 0.404 e. The minimum absolute atomic E-state index is 0.00709. The Kier molecular flexibility index (Phi) is 11.7. The molecule has 1 aromatic heterocycles. The Balaban J connectivity index is 1.44. The van der Waals surface area contributed by atoms with Crippen LogP contribution in [0, 0.1) is 17.0 Å². The van der Waals surface area contributed by atoms with Gasteiger partial charge in [-0.2, -0.15) is 0 Å². The van der Waals surface area contributed by atoms with Crippen LogP contribution < -0.4 is 5.73 Å². The third-order valence-electron chi connectivity index (χ3n) is 10.9. The van der Waals surface area contributed by atoms with E-state index in [1.54, 1.807) is 11.8 Å². The van der Waals surface area contributed by atoms with E-state index in [0.717, 1.165) is 39.4 Å². The highest BCUT2D eigenvalue weighted by Crippen LogP contribution is 2.49. The van der Waals surface area contributed by atoms with E-state index in [1.165, 1.54) is 17.2 Å². The van der Waals surface area contributed by atoms with Gasteiger partial charge in [0.2, 0.25) is 0 Å². The van der Waals surface area contributed by atoms with Crippen molar-refractivity contribution >= 4 is 23.8 Å². The molecular weight excluding hydrogens is 737 g/mol. The molecule has 6 nitrogen and oxygen atoms in total. The molecule has 0 radical (unpaired) electrons. The largest absolute Gasteiger partial charge is 0.450 e. The molecule has 1 heterocycles. The van der Waals surface area contributed by atoms with E-state index in [-0.39, 0.29) is 24.0 Å². The van der Waals surface area contributed by atoms with E-state index in [2.05, 4.69) is 49.6 Å². The summed E-state index contributed by atoms with van der Waals surface area (Å²) in [6.07, 6.45) is 3.77. The van der Waals surface area contributed by atoms with Gasteiger partial charge in [0.1, 0.15) is 11.6 Å². The number of amides is 2. The fourth-order valence-electron chi connectivity index (χ4n) is 8.37. The Morgan fingerprint density at radius 1 is 0.825 bits per heavy atom. The molecule has 9 heteroatoms. The van der Waals surface area contributed by atoms with Gasteiger partial charge in [0, 0.05) is 58.4 Å². The van der Waals surface area contributed by atoms with Crippen molar-refractivity contribution in [1.29, 1.82) is 0 Å². The molecule has 1 aliphatic carbocycles. The number of benzene rings is 5. The van der Waals surface area contributed by atoms with E-state index in [9.17, 15) is 9.18 Å². The summed E-state index contributed by atoms with van der Waals surface area (Å²) in [5.74, 6) is -1.36. The molecule has 2 N–H and O–H groups in total. The van der Waals surface area contributed by atoms with Crippen LogP contribution in [-0.2, 0) is 11.3 Å². The number of hydrogen-bond acceptors (Lipinski definition) is 4. The molecule has 2 atom stereocenters. The van der Waals surface area contributed by atoms with E-state index in [4.69, 9.17) is 10.5 Å². The Hall–Kier alpha value is -5.67. The second-order valence-electron chi connectivity index (χ2n) is 15.7. The monoisotopic (exact) mass is 783 g/mol. The fourth-order valence-corrected chi connectivity index (χ4v) is 8.78. The third kappa shape index (κ3) is 8.54. The van der Waals surface area contributed by atoms with E-state index < -0.39 is 35.2 Å². The van der Waals surface area contributed by atoms with Crippen molar-refractivity contribution in [2.75, 3.05) is 12.9 Å². The van der Waals surface area contributed by atoms with Gasteiger partial charge in [-0.15, -0.1) is 11.8 Å². The summed E-state index contributed by atoms with van der Waals surface area (Å²) in [4.78, 5) is 30.5. The highest BCUT2D eigenvalue weighted by Gasteiger charge is 2.43. The number of fused-ring (bicyclic) bond motifs is 3. The standard InChI is InChI=1S/C48H47F2N3O3S/c1-48(2,3)45(44-26-33(41-27-34(49)20-23-43(41)50)30-52(44)29-31-12-6-5-7-13-31)53(46(54)32-18-21-36(57-4)22-19-32)35(24-25-56-47(51)55)28-42-39-16-10-8-14-37(39)38-15-9-11-17-40(38)42/h5-23,26-27,30,35,42,45H,24-25,28-29H2,1-4H3,(H2,51,55)/t35?,45-/m0/s1. The minimum Gasteiger partial charge on any atom is -0.450 e. The van der Waals surface area contributed by atoms with Crippen LogP contribution in [0.5, 0.6) is 0 Å². The van der Waals surface area contributed by atoms with Crippen LogP contribution in [-0.4, -0.2) is 40.4 Å². The van der Waals surface area contributed by atoms with Crippen molar-refractivity contribution in [2.45, 2.75) is 63.1 Å². The zero-order valence-corrected chi connectivity index (χ0v) is 33.4. The molecule has 57 heavy (non-hydrogen) atoms. The first kappa shape index (κ1) is 39.6. The number of carbonyl (C=O) groups is 2. The predicted molar refractivity (Wildman–Crippen MR) is 224 cm³/mol. The van der Waals surface area contributed by atoms with Crippen LogP contribution in [0.1, 0.15) is 78.3 Å². The maximum Gasteiger partial charge on any atom is 0.404 e. The summed E-state index contributed by atoms with van der Waals surface area (Å²) in [5.41, 5.74) is 12.4. The van der Waals surface area contributed by atoms with Gasteiger partial charge in [-0.25, -0.2) is 13.6 Å². The Bertz CT molecular complexity index is 2330. The number of nitrogens with zero attached hydrogens (tertiary/aromatic N) is 2. The molecule has 0 spiro atoms. The number of primary amides is 1. The summed E-state index contributed by atoms with van der Waals surface area (Å²) < 4.78 is 37.7. The van der Waals surface area contributed by atoms with Crippen molar-refractivity contribution < 1.29 is 23.1 Å². The molecule has 7 rings (SSSR count). The lowest BCUT2D eigenvalue weighted by atomic mass is 9.80. The van der Waals surface area contributed by atoms with Crippen LogP contribution >= 0.6 is 11.8 Å². The number of carbonyl (C=O) groups excluding carboxylic acids is 2. The lowest BCUT2D eigenvalue weighted by Gasteiger charge is -2.46. The summed E-state index contributed by atoms with van der Waals surface area (Å²) in [5, 5.41) is 0. The van der Waals surface area contributed by atoms with Gasteiger partial charge >= 0.3 is 6.09 Å². The molecule has 1 aliphatic rings. The van der Waals surface area contributed by atoms with Crippen molar-refractivity contribution in [2.24, 2.45) is 11.1 Å². The van der Waals surface area contributed by atoms with E-state index in [0.29, 0.717) is 30.5 Å². The second kappa shape index (κ2) is 16.8. The molecule has 5 aromatic carbocycles. The Labute approximate surface area is 337 Å². The van der Waals surface area contributed by atoms with Gasteiger partial charge in [0.05, 0.1) is 12.6 Å². The van der Waals surface area contributed by atoms with Crippen LogP contribution in [0.2, 0.25) is 0 Å². The second-order valence-corrected chi connectivity index (χ2v) is 16.6. The number of rotatable bonds is 13. The Morgan fingerprint density at radius 3 is 2.07 bits per heavy atom. The van der Waals surface area contributed by atoms with Crippen molar-refractivity contribution in [3.63, 3.8) is 0 Å². The molecule has 6 aromatic rings. The van der Waals surface area contributed by atoms with Gasteiger partial charge in [-0.05, 0) is 94.4 Å². The zero-order chi connectivity index (χ0) is 40.3. The number of ether oxygens (including phenoxy) is 1. The molecule has 0 aliphatic heterocycles. The molecule has 292 valence electrons. The maximum absolute atomic E-state index is 15.5. The van der Waals surface area contributed by atoms with Gasteiger partial charge < -0.3 is 19.9 Å². The SMILES string of the molecule is CSc1ccc(C(=O)N(C(CCOC(N)=O)CC2c3ccccc3-c3ccccc32)[C@@H](c2cc(-c3cc(F)ccc3F)cn2Cc2ccccc2)C(C)(C)C)cc1. The van der Waals surface area contributed by atoms with Gasteiger partial charge in [-0.1, -0.05) is 99.6 Å². The molecule has 0 bridgehead atoms. The maximum atomic E-state index is 15.5. The van der Waals surface area contributed by atoms with Crippen LogP contribution in [0.25, 0.3) is 22.3 Å². The first-order valence-electron chi connectivity index (χ1n) is 19.2. The van der Waals surface area contributed by atoms with Crippen molar-refractivity contribution in [1.82, 2.24) is 9.47 Å². The predicted octanol–water partition coefficient (Wildman–Crippen LogP) is 11.5. The summed E-state index contributed by atoms with van der Waals surface area (Å²) in [6.45, 7) is 6.69. The van der Waals surface area contributed by atoms with Crippen molar-refractivity contribution in [3.8, 4) is 22.3 Å². The van der Waals surface area contributed by atoms with E-state index in [1.807, 2.05) is 102 Å². The third-order valence-corrected chi connectivity index (χ3v) is 11.6. The normalized spacial score (nSPS) is 13.4. The number of halogens is 2. The summed E-state index contributed by atoms with van der Waals surface area (Å²) in [7, 11) is 0. The first-order valence-corrected chi connectivity index (χ1v) is 20.4. The molecule has 2 amide bonds. The highest BCUT2D eigenvalue weighted by molar-refractivity contribution is 7.98. The Morgan fingerprint density at radius 2 is 1.46 bits per heavy atom. The summed E-state index contributed by atoms with van der Waals surface area (Å²) in [6, 6.07) is 38.5. The van der Waals surface area contributed by atoms with Crippen LogP contribution in [0.4, 0.5) is 13.6 Å². The fraction of sp³-hybridized carbons (Fsp3) is 0.250. The lowest BCUT2D eigenvalue weighted by Crippen LogP contribution is -2.49. The van der Waals surface area contributed by atoms with Gasteiger partial charge in [0.25, 0.3) is 5.91 Å². The molecule has 0 saturated carbocycles. The van der Waals surface area contributed by atoms with Gasteiger partial charge in [0.15, 0.2) is 0 Å². The van der Waals surface area contributed by atoms with Gasteiger partial charge in [-0.3, -0.25) is 4.79 Å². The summed E-state index contributed by atoms with van der Waals surface area (Å²) >= 11 is 1.59. The van der Waals surface area contributed by atoms with E-state index >= 15 is 9.18 Å². The molecule has 0 saturated heterocycles. The topological polar surface area (TPSA) is 77.6 Å². The number of nitrogens with two attached hydrogens (primary N) is 1. The van der Waals surface area contributed by atoms with Crippen molar-refractivity contribution in [3.05, 3.63) is 173 Å². The lowest BCUT2D eigenvalue weighted by molar-refractivity contribution is 0.0251. The first-order chi connectivity index (χ1) is 27.4. The molecule has 1 unspecified atom stereocenters. The van der Waals surface area contributed by atoms with Crippen LogP contribution in [0.15, 0.2) is 138 Å². The number of thioether (sulfide) groups is 1. The quantitative estimate of drug-likeness (QED) is 0.118. The number of hydrogen-bond donors (Lipinski definition) is 1. The van der Waals surface area contributed by atoms with Crippen LogP contribution in [0.3, 0.4) is 0 Å². The molecule has 0 fully saturated rings. The highest BCUT2D eigenvalue weighted by atomic mass is 32.2. The minimum atomic E-state index is -0.887. The average molecular weight is 784 g/mol. The number of aromatic nitrogens is 1.